The summed E-state index contributed by atoms with van der Waals surface area (Å²) in [5.41, 5.74) is 3.20. The van der Waals surface area contributed by atoms with E-state index in [1.807, 2.05) is 0 Å². The molecule has 1 N–H and O–H groups in total. The van der Waals surface area contributed by atoms with E-state index in [1.165, 1.54) is 23.4 Å². The predicted octanol–water partition coefficient (Wildman–Crippen LogP) is 4.09. The second-order valence-corrected chi connectivity index (χ2v) is 9.11. The van der Waals surface area contributed by atoms with Gasteiger partial charge in [-0.05, 0) is 62.2 Å². The van der Waals surface area contributed by atoms with Crippen molar-refractivity contribution in [3.05, 3.63) is 76.2 Å². The van der Waals surface area contributed by atoms with Crippen LogP contribution in [0.15, 0.2) is 46.9 Å². The van der Waals surface area contributed by atoms with Gasteiger partial charge < -0.3 is 14.6 Å². The van der Waals surface area contributed by atoms with Gasteiger partial charge in [-0.2, -0.15) is 0 Å². The Bertz CT molecular complexity index is 1140. The van der Waals surface area contributed by atoms with Crippen LogP contribution in [0.25, 0.3) is 0 Å². The molecule has 1 aromatic heterocycles. The molecule has 0 radical (unpaired) electrons. The van der Waals surface area contributed by atoms with Gasteiger partial charge in [-0.15, -0.1) is 10.2 Å². The quantitative estimate of drug-likeness (QED) is 0.484. The van der Waals surface area contributed by atoms with Crippen molar-refractivity contribution in [2.45, 2.75) is 32.7 Å². The summed E-state index contributed by atoms with van der Waals surface area (Å²) in [5.74, 6) is -0.656. The summed E-state index contributed by atoms with van der Waals surface area (Å²) < 4.78 is 18.6. The molecule has 1 saturated heterocycles. The molecule has 9 heteroatoms. The summed E-state index contributed by atoms with van der Waals surface area (Å²) in [5, 5.41) is 10.8. The molecule has 4 rings (SSSR count). The highest BCUT2D eigenvalue weighted by atomic mass is 35.5. The number of anilines is 1. The summed E-state index contributed by atoms with van der Waals surface area (Å²) in [6.07, 6.45) is 1.06. The molecule has 1 atom stereocenters. The van der Waals surface area contributed by atoms with Gasteiger partial charge in [0.25, 0.3) is 0 Å². The molecule has 2 aromatic carbocycles. The van der Waals surface area contributed by atoms with E-state index in [0.717, 1.165) is 32.6 Å². The van der Waals surface area contributed by atoms with Crippen LogP contribution >= 0.6 is 11.6 Å². The van der Waals surface area contributed by atoms with Gasteiger partial charge in [-0.1, -0.05) is 29.8 Å². The van der Waals surface area contributed by atoms with E-state index < -0.39 is 11.7 Å². The van der Waals surface area contributed by atoms with Crippen molar-refractivity contribution in [2.75, 3.05) is 37.6 Å². The number of hydrogen-bond acceptors (Lipinski definition) is 6. The first-order chi connectivity index (χ1) is 16.4. The molecule has 7 nitrogen and oxygen atoms in total. The average molecular weight is 486 g/mol. The van der Waals surface area contributed by atoms with E-state index in [0.29, 0.717) is 18.2 Å². The molecular weight excluding hydrogens is 457 g/mol. The summed E-state index contributed by atoms with van der Waals surface area (Å²) in [6, 6.07) is 13.2. The van der Waals surface area contributed by atoms with E-state index in [4.69, 9.17) is 16.0 Å². The number of carbonyl (C=O) groups excluding carboxylic acids is 1. The zero-order valence-electron chi connectivity index (χ0n) is 19.4. The van der Waals surface area contributed by atoms with E-state index in [9.17, 15) is 9.18 Å². The van der Waals surface area contributed by atoms with E-state index in [-0.39, 0.29) is 23.2 Å². The number of aryl methyl sites for hydroxylation is 1. The Hall–Kier alpha value is -2.97. The molecule has 34 heavy (non-hydrogen) atoms. The Kier molecular flexibility index (Phi) is 7.80. The molecule has 1 amide bonds. The van der Waals surface area contributed by atoms with Gasteiger partial charge in [-0.25, -0.2) is 4.39 Å². The van der Waals surface area contributed by atoms with Crippen molar-refractivity contribution < 1.29 is 13.6 Å². The first-order valence-corrected chi connectivity index (χ1v) is 11.9. The largest absolute Gasteiger partial charge is 0.417 e. The van der Waals surface area contributed by atoms with Crippen LogP contribution in [-0.2, 0) is 6.42 Å². The van der Waals surface area contributed by atoms with Gasteiger partial charge in [-0.3, -0.25) is 9.69 Å². The van der Waals surface area contributed by atoms with Crippen LogP contribution in [-0.4, -0.2) is 59.8 Å². The summed E-state index contributed by atoms with van der Waals surface area (Å²) in [6.45, 7) is 8.76. The van der Waals surface area contributed by atoms with Crippen molar-refractivity contribution in [1.82, 2.24) is 20.4 Å². The van der Waals surface area contributed by atoms with Gasteiger partial charge in [0.05, 0.1) is 6.42 Å². The second kappa shape index (κ2) is 11.0. The molecule has 1 aliphatic rings. The highest BCUT2D eigenvalue weighted by Crippen LogP contribution is 2.22. The number of carbonyl (C=O) groups is 1. The first-order valence-electron chi connectivity index (χ1n) is 11.5. The SMILES string of the molecule is Cc1cccc(N2CCN(CCCNC(=O)c3nnc(Cc4ccc(F)cc4Cl)o3)C[C@H]2C)c1. The molecule has 0 aliphatic carbocycles. The third-order valence-electron chi connectivity index (χ3n) is 6.00. The minimum Gasteiger partial charge on any atom is -0.417 e. The van der Waals surface area contributed by atoms with Crippen LogP contribution in [0.1, 0.15) is 41.0 Å². The fraction of sp³-hybridized carbons (Fsp3) is 0.400. The fourth-order valence-corrected chi connectivity index (χ4v) is 4.49. The summed E-state index contributed by atoms with van der Waals surface area (Å²) in [4.78, 5) is 17.2. The van der Waals surface area contributed by atoms with E-state index in [1.54, 1.807) is 6.07 Å². The van der Waals surface area contributed by atoms with E-state index >= 15 is 0 Å². The zero-order valence-corrected chi connectivity index (χ0v) is 20.2. The van der Waals surface area contributed by atoms with Gasteiger partial charge >= 0.3 is 11.8 Å². The molecule has 0 unspecified atom stereocenters. The second-order valence-electron chi connectivity index (χ2n) is 8.70. The number of rotatable bonds is 8. The molecule has 1 fully saturated rings. The molecular formula is C25H29ClFN5O2. The van der Waals surface area contributed by atoms with Crippen molar-refractivity contribution in [1.29, 1.82) is 0 Å². The van der Waals surface area contributed by atoms with Crippen molar-refractivity contribution >= 4 is 23.2 Å². The van der Waals surface area contributed by atoms with Crippen LogP contribution in [0.5, 0.6) is 0 Å². The van der Waals surface area contributed by atoms with Crippen LogP contribution < -0.4 is 10.2 Å². The van der Waals surface area contributed by atoms with Crippen molar-refractivity contribution in [2.24, 2.45) is 0 Å². The van der Waals surface area contributed by atoms with Gasteiger partial charge in [0.2, 0.25) is 5.89 Å². The Morgan fingerprint density at radius 3 is 2.85 bits per heavy atom. The first kappa shape index (κ1) is 24.2. The number of hydrogen-bond donors (Lipinski definition) is 1. The lowest BCUT2D eigenvalue weighted by atomic mass is 10.1. The molecule has 2 heterocycles. The zero-order chi connectivity index (χ0) is 24.1. The van der Waals surface area contributed by atoms with Crippen LogP contribution in [0, 0.1) is 12.7 Å². The summed E-state index contributed by atoms with van der Waals surface area (Å²) >= 11 is 6.04. The maximum atomic E-state index is 13.2. The number of halogens is 2. The normalized spacial score (nSPS) is 16.6. The molecule has 0 spiro atoms. The van der Waals surface area contributed by atoms with Gasteiger partial charge in [0.1, 0.15) is 5.82 Å². The van der Waals surface area contributed by atoms with Crippen molar-refractivity contribution in [3.63, 3.8) is 0 Å². The van der Waals surface area contributed by atoms with Crippen LogP contribution in [0.3, 0.4) is 0 Å². The number of benzene rings is 2. The number of nitrogens with one attached hydrogen (secondary N) is 1. The van der Waals surface area contributed by atoms with Crippen molar-refractivity contribution in [3.8, 4) is 0 Å². The number of amides is 1. The predicted molar refractivity (Wildman–Crippen MR) is 130 cm³/mol. The smallest absolute Gasteiger partial charge is 0.308 e. The Labute approximate surface area is 203 Å². The highest BCUT2D eigenvalue weighted by molar-refractivity contribution is 6.31. The molecule has 1 aliphatic heterocycles. The Morgan fingerprint density at radius 2 is 2.09 bits per heavy atom. The van der Waals surface area contributed by atoms with Gasteiger partial charge in [0.15, 0.2) is 0 Å². The topological polar surface area (TPSA) is 74.5 Å². The Balaban J connectivity index is 1.19. The maximum absolute atomic E-state index is 13.2. The lowest BCUT2D eigenvalue weighted by Gasteiger charge is -2.41. The van der Waals surface area contributed by atoms with E-state index in [2.05, 4.69) is 63.4 Å². The average Bonchev–Trinajstić information content (AvgIpc) is 3.27. The fourth-order valence-electron chi connectivity index (χ4n) is 4.25. The third-order valence-corrected chi connectivity index (χ3v) is 6.35. The highest BCUT2D eigenvalue weighted by Gasteiger charge is 2.23. The minimum atomic E-state index is -0.415. The monoisotopic (exact) mass is 485 g/mol. The lowest BCUT2D eigenvalue weighted by Crippen LogP contribution is -2.52. The maximum Gasteiger partial charge on any atom is 0.308 e. The molecule has 0 saturated carbocycles. The third kappa shape index (κ3) is 6.12. The number of aromatic nitrogens is 2. The molecule has 180 valence electrons. The number of nitrogens with zero attached hydrogens (tertiary/aromatic N) is 4. The lowest BCUT2D eigenvalue weighted by molar-refractivity contribution is 0.0914. The molecule has 0 bridgehead atoms. The van der Waals surface area contributed by atoms with Crippen LogP contribution in [0.4, 0.5) is 10.1 Å². The number of piperazine rings is 1. The minimum absolute atomic E-state index is 0.0892. The standard InChI is InChI=1S/C25H29ClFN5O2/c1-17-5-3-6-21(13-17)32-12-11-31(16-18(32)2)10-4-9-28-24(33)25-30-29-23(34-25)14-19-7-8-20(27)15-22(19)26/h3,5-8,13,15,18H,4,9-12,14,16H2,1-2H3,(H,28,33)/t18-/m1/s1. The summed E-state index contributed by atoms with van der Waals surface area (Å²) in [7, 11) is 0. The van der Waals surface area contributed by atoms with Gasteiger partial charge in [0, 0.05) is 42.9 Å². The Morgan fingerprint density at radius 1 is 1.24 bits per heavy atom. The molecule has 3 aromatic rings. The van der Waals surface area contributed by atoms with Crippen LogP contribution in [0.2, 0.25) is 5.02 Å².